The monoisotopic (exact) mass is 330 g/mol. The van der Waals surface area contributed by atoms with Crippen molar-refractivity contribution in [3.8, 4) is 0 Å². The molecule has 0 amide bonds. The second-order valence-electron chi connectivity index (χ2n) is 5.89. The molecule has 5 heteroatoms. The quantitative estimate of drug-likeness (QED) is 0.596. The molecule has 0 unspecified atom stereocenters. The lowest BCUT2D eigenvalue weighted by Crippen LogP contribution is -2.21. The molecule has 5 nitrogen and oxygen atoms in total. The summed E-state index contributed by atoms with van der Waals surface area (Å²) >= 11 is 0. The van der Waals surface area contributed by atoms with E-state index < -0.39 is 5.97 Å². The van der Waals surface area contributed by atoms with E-state index in [1.54, 1.807) is 6.20 Å². The van der Waals surface area contributed by atoms with Crippen LogP contribution in [0.4, 0.5) is 0 Å². The van der Waals surface area contributed by atoms with Crippen molar-refractivity contribution in [1.82, 2.24) is 4.57 Å². The first-order valence-corrected chi connectivity index (χ1v) is 8.65. The first-order chi connectivity index (χ1) is 11.6. The zero-order chi connectivity index (χ0) is 17.5. The lowest BCUT2D eigenvalue weighted by molar-refractivity contribution is 0.0497. The second kappa shape index (κ2) is 8.64. The van der Waals surface area contributed by atoms with E-state index in [0.717, 1.165) is 36.8 Å². The second-order valence-corrected chi connectivity index (χ2v) is 5.89. The number of ether oxygens (including phenoxy) is 1. The van der Waals surface area contributed by atoms with Gasteiger partial charge in [-0.05, 0) is 50.4 Å². The van der Waals surface area contributed by atoms with Gasteiger partial charge in [0.25, 0.3) is 0 Å². The molecule has 130 valence electrons. The molecule has 2 N–H and O–H groups in total. The minimum atomic E-state index is -0.537. The first-order valence-electron chi connectivity index (χ1n) is 8.65. The summed E-state index contributed by atoms with van der Waals surface area (Å²) in [6.45, 7) is 5.64. The molecule has 1 aromatic carbocycles. The Morgan fingerprint density at radius 2 is 2.04 bits per heavy atom. The minimum Gasteiger partial charge on any atom is -0.462 e. The van der Waals surface area contributed by atoms with Gasteiger partial charge < -0.3 is 15.0 Å². The molecule has 0 aliphatic heterocycles. The fraction of sp³-hybridized carbons (Fsp3) is 0.474. The highest BCUT2D eigenvalue weighted by Gasteiger charge is 2.16. The van der Waals surface area contributed by atoms with Crippen LogP contribution in [-0.4, -0.2) is 23.7 Å². The van der Waals surface area contributed by atoms with Gasteiger partial charge in [-0.1, -0.05) is 19.4 Å². The average Bonchev–Trinajstić information content (AvgIpc) is 2.60. The van der Waals surface area contributed by atoms with Crippen LogP contribution in [-0.2, 0) is 17.7 Å². The number of unbranched alkanes of at least 4 members (excludes halogenated alkanes) is 1. The Hall–Kier alpha value is -2.14. The number of aryl methyl sites for hydroxylation is 2. The van der Waals surface area contributed by atoms with Crippen LogP contribution in [0.1, 0.15) is 49.0 Å². The Morgan fingerprint density at radius 3 is 2.71 bits per heavy atom. The first kappa shape index (κ1) is 18.2. The van der Waals surface area contributed by atoms with E-state index in [1.807, 2.05) is 36.6 Å². The summed E-state index contributed by atoms with van der Waals surface area (Å²) in [6, 6.07) is 5.84. The van der Waals surface area contributed by atoms with E-state index in [2.05, 4.69) is 0 Å². The van der Waals surface area contributed by atoms with E-state index in [-0.39, 0.29) is 11.0 Å². The lowest BCUT2D eigenvalue weighted by Gasteiger charge is -2.12. The number of carbonyl (C=O) groups excluding carboxylic acids is 1. The molecule has 0 saturated heterocycles. The Balaban J connectivity index is 2.46. The van der Waals surface area contributed by atoms with E-state index in [4.69, 9.17) is 10.5 Å². The van der Waals surface area contributed by atoms with Gasteiger partial charge in [-0.3, -0.25) is 4.79 Å². The Morgan fingerprint density at radius 1 is 1.25 bits per heavy atom. The molecular formula is C19H26N2O3. The molecule has 0 saturated carbocycles. The van der Waals surface area contributed by atoms with Gasteiger partial charge in [0.2, 0.25) is 5.43 Å². The standard InChI is InChI=1S/C19H26N2O3/c1-3-5-11-24-19(23)16-13-21(4-2)17-9-8-14(7-6-10-20)12-15(17)18(16)22/h8-9,12-13H,3-7,10-11,20H2,1-2H3. The maximum absolute atomic E-state index is 12.8. The number of pyridine rings is 1. The van der Waals surface area contributed by atoms with E-state index in [9.17, 15) is 9.59 Å². The van der Waals surface area contributed by atoms with Gasteiger partial charge in [-0.2, -0.15) is 0 Å². The van der Waals surface area contributed by atoms with Crippen molar-refractivity contribution in [2.45, 2.75) is 46.1 Å². The van der Waals surface area contributed by atoms with E-state index >= 15 is 0 Å². The molecule has 1 aromatic heterocycles. The molecule has 0 fully saturated rings. The minimum absolute atomic E-state index is 0.108. The molecule has 0 aliphatic carbocycles. The molecule has 0 aliphatic rings. The van der Waals surface area contributed by atoms with Crippen molar-refractivity contribution in [3.63, 3.8) is 0 Å². The summed E-state index contributed by atoms with van der Waals surface area (Å²) in [5.41, 5.74) is 7.31. The average molecular weight is 330 g/mol. The largest absolute Gasteiger partial charge is 0.462 e. The van der Waals surface area contributed by atoms with Gasteiger partial charge in [-0.15, -0.1) is 0 Å². The molecule has 0 bridgehead atoms. The third kappa shape index (κ3) is 4.03. The van der Waals surface area contributed by atoms with Crippen molar-refractivity contribution < 1.29 is 9.53 Å². The highest BCUT2D eigenvalue weighted by atomic mass is 16.5. The van der Waals surface area contributed by atoms with Crippen molar-refractivity contribution in [1.29, 1.82) is 0 Å². The summed E-state index contributed by atoms with van der Waals surface area (Å²) < 4.78 is 7.14. The van der Waals surface area contributed by atoms with Crippen molar-refractivity contribution in [2.75, 3.05) is 13.2 Å². The van der Waals surface area contributed by atoms with Crippen LogP contribution in [0.3, 0.4) is 0 Å². The highest BCUT2D eigenvalue weighted by Crippen LogP contribution is 2.16. The topological polar surface area (TPSA) is 74.3 Å². The van der Waals surface area contributed by atoms with Crippen molar-refractivity contribution in [3.05, 3.63) is 45.7 Å². The number of aromatic nitrogens is 1. The number of nitrogens with two attached hydrogens (primary N) is 1. The predicted molar refractivity (Wildman–Crippen MR) is 96.4 cm³/mol. The maximum Gasteiger partial charge on any atom is 0.343 e. The molecule has 0 spiro atoms. The Labute approximate surface area is 142 Å². The summed E-state index contributed by atoms with van der Waals surface area (Å²) in [6.07, 6.45) is 5.03. The van der Waals surface area contributed by atoms with E-state index in [0.29, 0.717) is 25.1 Å². The van der Waals surface area contributed by atoms with Crippen molar-refractivity contribution in [2.24, 2.45) is 5.73 Å². The molecular weight excluding hydrogens is 304 g/mol. The van der Waals surface area contributed by atoms with Gasteiger partial charge in [0.15, 0.2) is 0 Å². The van der Waals surface area contributed by atoms with Crippen LogP contribution >= 0.6 is 0 Å². The van der Waals surface area contributed by atoms with Gasteiger partial charge >= 0.3 is 5.97 Å². The normalized spacial score (nSPS) is 11.0. The molecule has 2 aromatic rings. The fourth-order valence-corrected chi connectivity index (χ4v) is 2.70. The van der Waals surface area contributed by atoms with Crippen LogP contribution in [0.2, 0.25) is 0 Å². The number of benzene rings is 1. The molecule has 24 heavy (non-hydrogen) atoms. The van der Waals surface area contributed by atoms with Crippen LogP contribution in [0, 0.1) is 0 Å². The SMILES string of the molecule is CCCCOC(=O)c1cn(CC)c2ccc(CCCN)cc2c1=O. The molecule has 2 rings (SSSR count). The number of rotatable bonds is 8. The van der Waals surface area contributed by atoms with Crippen LogP contribution in [0.15, 0.2) is 29.2 Å². The summed E-state index contributed by atoms with van der Waals surface area (Å²) in [5.74, 6) is -0.537. The third-order valence-corrected chi connectivity index (χ3v) is 4.11. The smallest absolute Gasteiger partial charge is 0.343 e. The van der Waals surface area contributed by atoms with Gasteiger partial charge in [0.1, 0.15) is 5.56 Å². The molecule has 0 atom stereocenters. The number of fused-ring (bicyclic) bond motifs is 1. The summed E-state index contributed by atoms with van der Waals surface area (Å²) in [4.78, 5) is 25.0. The van der Waals surface area contributed by atoms with Gasteiger partial charge in [-0.25, -0.2) is 4.79 Å². The number of hydrogen-bond donors (Lipinski definition) is 1. The fourth-order valence-electron chi connectivity index (χ4n) is 2.70. The third-order valence-electron chi connectivity index (χ3n) is 4.11. The van der Waals surface area contributed by atoms with E-state index in [1.165, 1.54) is 0 Å². The van der Waals surface area contributed by atoms with Crippen molar-refractivity contribution >= 4 is 16.9 Å². The molecule has 1 heterocycles. The zero-order valence-electron chi connectivity index (χ0n) is 14.5. The summed E-state index contributed by atoms with van der Waals surface area (Å²) in [5, 5.41) is 0.566. The Kier molecular flexibility index (Phi) is 6.55. The molecule has 0 radical (unpaired) electrons. The van der Waals surface area contributed by atoms with Crippen LogP contribution < -0.4 is 11.2 Å². The lowest BCUT2D eigenvalue weighted by atomic mass is 10.0. The summed E-state index contributed by atoms with van der Waals surface area (Å²) in [7, 11) is 0. The number of carbonyl (C=O) groups is 1. The maximum atomic E-state index is 12.8. The number of nitrogens with zero attached hydrogens (tertiary/aromatic N) is 1. The highest BCUT2D eigenvalue weighted by molar-refractivity contribution is 5.93. The Bertz CT molecular complexity index is 765. The number of esters is 1. The zero-order valence-corrected chi connectivity index (χ0v) is 14.5. The van der Waals surface area contributed by atoms with Crippen LogP contribution in [0.25, 0.3) is 10.9 Å². The number of hydrogen-bond acceptors (Lipinski definition) is 4. The van der Waals surface area contributed by atoms with Gasteiger partial charge in [0, 0.05) is 18.1 Å². The van der Waals surface area contributed by atoms with Gasteiger partial charge in [0.05, 0.1) is 12.1 Å². The van der Waals surface area contributed by atoms with Crippen LogP contribution in [0.5, 0.6) is 0 Å². The predicted octanol–water partition coefficient (Wildman–Crippen LogP) is 2.87.